The van der Waals surface area contributed by atoms with Crippen molar-refractivity contribution in [3.63, 3.8) is 0 Å². The van der Waals surface area contributed by atoms with E-state index in [1.807, 2.05) is 52.0 Å². The Morgan fingerprint density at radius 3 is 2.58 bits per heavy atom. The highest BCUT2D eigenvalue weighted by Crippen LogP contribution is 2.41. The van der Waals surface area contributed by atoms with Crippen LogP contribution in [-0.2, 0) is 16.1 Å². The summed E-state index contributed by atoms with van der Waals surface area (Å²) in [5.41, 5.74) is 9.49. The molecule has 3 N–H and O–H groups in total. The third kappa shape index (κ3) is 9.83. The van der Waals surface area contributed by atoms with Gasteiger partial charge in [-0.15, -0.1) is 0 Å². The predicted octanol–water partition coefficient (Wildman–Crippen LogP) is 5.57. The van der Waals surface area contributed by atoms with Crippen LogP contribution >= 0.6 is 0 Å². The maximum atomic E-state index is 14.4. The van der Waals surface area contributed by atoms with Crippen LogP contribution in [0.1, 0.15) is 86.5 Å². The van der Waals surface area contributed by atoms with E-state index in [4.69, 9.17) is 30.2 Å². The Labute approximate surface area is 313 Å². The lowest BCUT2D eigenvalue weighted by Crippen LogP contribution is -2.53. The lowest BCUT2D eigenvalue weighted by Gasteiger charge is -2.38. The van der Waals surface area contributed by atoms with Gasteiger partial charge in [0.15, 0.2) is 0 Å². The number of carbonyl (C=O) groups excluding carboxylic acids is 1. The van der Waals surface area contributed by atoms with Crippen molar-refractivity contribution in [2.75, 3.05) is 62.8 Å². The monoisotopic (exact) mass is 727 g/mol. The smallest absolute Gasteiger partial charge is 0.251 e. The molecule has 0 aliphatic carbocycles. The van der Waals surface area contributed by atoms with E-state index in [9.17, 15) is 9.18 Å². The quantitative estimate of drug-likeness (QED) is 0.217. The number of nitrogens with zero attached hydrogens (tertiary/aromatic N) is 5. The van der Waals surface area contributed by atoms with Crippen LogP contribution < -0.4 is 25.6 Å². The van der Waals surface area contributed by atoms with Gasteiger partial charge in [-0.1, -0.05) is 12.1 Å². The van der Waals surface area contributed by atoms with E-state index in [0.29, 0.717) is 30.2 Å². The first-order chi connectivity index (χ1) is 25.3. The fraction of sp³-hybridized carbons (Fsp3) is 0.537. The Bertz CT molecular complexity index is 1790. The summed E-state index contributed by atoms with van der Waals surface area (Å²) in [5, 5.41) is 12.2. The molecule has 3 aliphatic heterocycles. The van der Waals surface area contributed by atoms with Gasteiger partial charge in [0.1, 0.15) is 18.6 Å². The van der Waals surface area contributed by atoms with E-state index < -0.39 is 16.9 Å². The number of nitrogens with two attached hydrogens (primary N) is 1. The molecular weight excluding hydrogens is 673 g/mol. The van der Waals surface area contributed by atoms with Gasteiger partial charge in [0.25, 0.3) is 5.91 Å². The number of halogens is 1. The molecule has 0 radical (unpaired) electrons. The first kappa shape index (κ1) is 38.4. The average molecular weight is 728 g/mol. The lowest BCUT2D eigenvalue weighted by molar-refractivity contribution is -0.0453. The van der Waals surface area contributed by atoms with Crippen molar-refractivity contribution in [3.8, 4) is 11.9 Å². The summed E-state index contributed by atoms with van der Waals surface area (Å²) in [6, 6.07) is 18.2. The second-order valence-corrected chi connectivity index (χ2v) is 16.1. The number of fused-ring (bicyclic) bond motifs is 1. The van der Waals surface area contributed by atoms with Gasteiger partial charge in [-0.25, -0.2) is 9.37 Å². The zero-order valence-corrected chi connectivity index (χ0v) is 31.7. The van der Waals surface area contributed by atoms with Crippen LogP contribution in [0.2, 0.25) is 0 Å². The van der Waals surface area contributed by atoms with Gasteiger partial charge in [0.05, 0.1) is 47.9 Å². The second kappa shape index (κ2) is 16.4. The summed E-state index contributed by atoms with van der Waals surface area (Å²) < 4.78 is 32.1. The van der Waals surface area contributed by atoms with Crippen molar-refractivity contribution in [1.29, 1.82) is 5.26 Å². The number of ether oxygens (including phenoxy) is 3. The Morgan fingerprint density at radius 1 is 1.06 bits per heavy atom. The number of benzene rings is 2. The van der Waals surface area contributed by atoms with Crippen LogP contribution in [0.25, 0.3) is 0 Å². The Balaban J connectivity index is 1.09. The van der Waals surface area contributed by atoms with E-state index in [1.54, 1.807) is 18.2 Å². The molecule has 2 saturated heterocycles. The molecule has 2 aromatic carbocycles. The number of hydrogen-bond acceptors (Lipinski definition) is 10. The number of likely N-dealkylation sites (tertiary alicyclic amines) is 1. The van der Waals surface area contributed by atoms with Crippen LogP contribution in [0, 0.1) is 17.1 Å². The third-order valence-corrected chi connectivity index (χ3v) is 10.3. The van der Waals surface area contributed by atoms with E-state index in [0.717, 1.165) is 75.5 Å². The summed E-state index contributed by atoms with van der Waals surface area (Å²) in [6.07, 6.45) is 4.30. The van der Waals surface area contributed by atoms with E-state index in [2.05, 4.69) is 39.2 Å². The highest BCUT2D eigenvalue weighted by Gasteiger charge is 2.38. The maximum Gasteiger partial charge on any atom is 0.251 e. The minimum atomic E-state index is -0.569. The fourth-order valence-corrected chi connectivity index (χ4v) is 7.29. The number of nitriles is 1. The molecule has 6 rings (SSSR count). The molecule has 3 atom stereocenters. The largest absolute Gasteiger partial charge is 0.473 e. The molecule has 4 heterocycles. The SMILES string of the molecule is CN1c2ccc(C(=O)NC(C)(C)COCC(C)(C)N)cc2N(CC2CCO2)C1CN1CCCC(c2cccc(OCc3ccc(C#N)cc3F)n2)CC1. The van der Waals surface area contributed by atoms with Crippen molar-refractivity contribution in [2.45, 2.75) is 89.3 Å². The standard InChI is InChI=1S/C41H54FN7O4/c1-40(2,44)26-51-27-41(3,4)46-39(50)30-13-14-35-36(21-30)49(23-32-16-19-52-32)38(47(35)5)24-48-17-7-8-29(15-18-48)34-9-6-10-37(45-34)53-25-31-12-11-28(22-43)20-33(31)42/h6,9-14,20-21,29,32,38H,7-8,15-19,23-27,44H2,1-5H3,(H,46,50). The topological polar surface area (TPSA) is 129 Å². The number of nitrogens with one attached hydrogen (secondary N) is 1. The van der Waals surface area contributed by atoms with Crippen LogP contribution in [0.3, 0.4) is 0 Å². The molecule has 0 bridgehead atoms. The number of aromatic nitrogens is 1. The molecule has 3 aliphatic rings. The molecule has 11 nitrogen and oxygen atoms in total. The van der Waals surface area contributed by atoms with Crippen molar-refractivity contribution in [2.24, 2.45) is 5.73 Å². The molecule has 12 heteroatoms. The van der Waals surface area contributed by atoms with E-state index in [1.165, 1.54) is 6.07 Å². The van der Waals surface area contributed by atoms with Crippen LogP contribution in [0.15, 0.2) is 54.6 Å². The van der Waals surface area contributed by atoms with E-state index >= 15 is 0 Å². The maximum absolute atomic E-state index is 14.4. The summed E-state index contributed by atoms with van der Waals surface area (Å²) in [6.45, 7) is 12.8. The summed E-state index contributed by atoms with van der Waals surface area (Å²) in [5.74, 6) is 0.152. The van der Waals surface area contributed by atoms with Crippen molar-refractivity contribution in [3.05, 3.63) is 82.8 Å². The predicted molar refractivity (Wildman–Crippen MR) is 204 cm³/mol. The summed E-state index contributed by atoms with van der Waals surface area (Å²) in [7, 11) is 2.14. The lowest BCUT2D eigenvalue weighted by atomic mass is 9.96. The van der Waals surface area contributed by atoms with Gasteiger partial charge >= 0.3 is 0 Å². The molecule has 3 aromatic rings. The van der Waals surface area contributed by atoms with Gasteiger partial charge in [-0.2, -0.15) is 5.26 Å². The third-order valence-electron chi connectivity index (χ3n) is 10.3. The molecule has 3 unspecified atom stereocenters. The van der Waals surface area contributed by atoms with Crippen molar-refractivity contribution in [1.82, 2.24) is 15.2 Å². The van der Waals surface area contributed by atoms with Crippen molar-refractivity contribution >= 4 is 17.3 Å². The van der Waals surface area contributed by atoms with Gasteiger partial charge in [0, 0.05) is 61.1 Å². The Morgan fingerprint density at radius 2 is 1.87 bits per heavy atom. The first-order valence-electron chi connectivity index (χ1n) is 18.7. The molecule has 1 amide bonds. The Kier molecular flexibility index (Phi) is 11.9. The molecule has 53 heavy (non-hydrogen) atoms. The van der Waals surface area contributed by atoms with Gasteiger partial charge in [-0.05, 0) is 103 Å². The number of anilines is 2. The zero-order valence-electron chi connectivity index (χ0n) is 31.7. The molecule has 2 fully saturated rings. The zero-order chi connectivity index (χ0) is 37.8. The number of amides is 1. The molecule has 1 aromatic heterocycles. The molecular formula is C41H54FN7O4. The molecule has 0 saturated carbocycles. The van der Waals surface area contributed by atoms with Crippen LogP contribution in [0.4, 0.5) is 15.8 Å². The number of pyridine rings is 1. The minimum absolute atomic E-state index is 0.0408. The summed E-state index contributed by atoms with van der Waals surface area (Å²) >= 11 is 0. The second-order valence-electron chi connectivity index (χ2n) is 16.1. The number of likely N-dealkylation sites (N-methyl/N-ethyl adjacent to an activating group) is 1. The molecule has 0 spiro atoms. The van der Waals surface area contributed by atoms with Gasteiger partial charge in [0.2, 0.25) is 5.88 Å². The van der Waals surface area contributed by atoms with Crippen molar-refractivity contribution < 1.29 is 23.4 Å². The van der Waals surface area contributed by atoms with Crippen LogP contribution in [0.5, 0.6) is 5.88 Å². The van der Waals surface area contributed by atoms with E-state index in [-0.39, 0.29) is 36.3 Å². The normalized spacial score (nSPS) is 20.7. The Hall–Kier alpha value is -4.28. The molecule has 284 valence electrons. The fourth-order valence-electron chi connectivity index (χ4n) is 7.29. The number of hydrogen-bond donors (Lipinski definition) is 2. The number of rotatable bonds is 14. The van der Waals surface area contributed by atoms with Gasteiger partial charge < -0.3 is 35.1 Å². The average Bonchev–Trinajstić information content (AvgIpc) is 3.21. The number of carbonyl (C=O) groups is 1. The highest BCUT2D eigenvalue weighted by atomic mass is 19.1. The first-order valence-corrected chi connectivity index (χ1v) is 18.7. The summed E-state index contributed by atoms with van der Waals surface area (Å²) in [4.78, 5) is 25.7. The van der Waals surface area contributed by atoms with Crippen LogP contribution in [-0.4, -0.2) is 92.2 Å². The highest BCUT2D eigenvalue weighted by molar-refractivity contribution is 5.97. The minimum Gasteiger partial charge on any atom is -0.473 e. The van der Waals surface area contributed by atoms with Gasteiger partial charge in [-0.3, -0.25) is 9.69 Å².